The lowest BCUT2D eigenvalue weighted by atomic mass is 10.1. The first kappa shape index (κ1) is 32.9. The number of halogens is 1. The van der Waals surface area contributed by atoms with Crippen molar-refractivity contribution in [3.8, 4) is 5.75 Å². The molecule has 8 nitrogen and oxygen atoms in total. The Balaban J connectivity index is 2.12. The lowest BCUT2D eigenvalue weighted by Crippen LogP contribution is -2.55. The summed E-state index contributed by atoms with van der Waals surface area (Å²) in [6.45, 7) is 10.6. The van der Waals surface area contributed by atoms with E-state index in [1.54, 1.807) is 62.6 Å². The van der Waals surface area contributed by atoms with E-state index in [0.29, 0.717) is 28.4 Å². The van der Waals surface area contributed by atoms with Gasteiger partial charge in [0.05, 0.1) is 17.7 Å². The third-order valence-electron chi connectivity index (χ3n) is 6.69. The van der Waals surface area contributed by atoms with Gasteiger partial charge in [-0.1, -0.05) is 48.4 Å². The SMILES string of the molecule is CCC(C(=O)NC(C)(C)C)N(Cc1cccc(OC)c1)C(=O)CN(c1ccc(Cl)cc1C)S(=O)(=O)c1ccc(C)cc1. The van der Waals surface area contributed by atoms with Gasteiger partial charge < -0.3 is 15.0 Å². The molecule has 0 aliphatic rings. The van der Waals surface area contributed by atoms with E-state index >= 15 is 0 Å². The average molecular weight is 614 g/mol. The number of methoxy groups -OCH3 is 1. The van der Waals surface area contributed by atoms with E-state index in [-0.39, 0.29) is 17.3 Å². The predicted octanol–water partition coefficient (Wildman–Crippen LogP) is 5.88. The third kappa shape index (κ3) is 8.26. The monoisotopic (exact) mass is 613 g/mol. The molecule has 42 heavy (non-hydrogen) atoms. The summed E-state index contributed by atoms with van der Waals surface area (Å²) in [7, 11) is -2.63. The van der Waals surface area contributed by atoms with Gasteiger partial charge in [-0.3, -0.25) is 13.9 Å². The number of rotatable bonds is 11. The standard InChI is InChI=1S/C32H40ClN3O5S/c1-8-28(31(38)34-32(4,5)6)35(20-24-10-9-11-26(19-24)41-7)30(37)21-36(29-17-14-25(33)18-23(29)3)42(39,40)27-15-12-22(2)13-16-27/h9-19,28H,8,20-21H2,1-7H3,(H,34,38). The zero-order chi connectivity index (χ0) is 31.2. The fourth-order valence-corrected chi connectivity index (χ4v) is 6.29. The number of carbonyl (C=O) groups excluding carboxylic acids is 2. The number of hydrogen-bond acceptors (Lipinski definition) is 5. The number of aryl methyl sites for hydroxylation is 2. The van der Waals surface area contributed by atoms with Crippen LogP contribution in [0.2, 0.25) is 5.02 Å². The Hall–Kier alpha value is -3.56. The average Bonchev–Trinajstić information content (AvgIpc) is 2.91. The number of ether oxygens (including phenoxy) is 1. The molecule has 1 unspecified atom stereocenters. The van der Waals surface area contributed by atoms with E-state index in [9.17, 15) is 18.0 Å². The Labute approximate surface area is 254 Å². The number of benzene rings is 3. The molecule has 0 saturated carbocycles. The summed E-state index contributed by atoms with van der Waals surface area (Å²) >= 11 is 6.19. The van der Waals surface area contributed by atoms with Crippen LogP contribution in [0.5, 0.6) is 5.75 Å². The van der Waals surface area contributed by atoms with Crippen LogP contribution in [-0.2, 0) is 26.2 Å². The van der Waals surface area contributed by atoms with Crippen molar-refractivity contribution < 1.29 is 22.7 Å². The molecule has 0 aromatic heterocycles. The molecule has 0 bridgehead atoms. The number of nitrogens with one attached hydrogen (secondary N) is 1. The fourth-order valence-electron chi connectivity index (χ4n) is 4.59. The predicted molar refractivity (Wildman–Crippen MR) is 167 cm³/mol. The summed E-state index contributed by atoms with van der Waals surface area (Å²) in [6, 6.07) is 17.7. The highest BCUT2D eigenvalue weighted by Gasteiger charge is 2.35. The number of carbonyl (C=O) groups is 2. The number of nitrogens with zero attached hydrogens (tertiary/aromatic N) is 2. The van der Waals surface area contributed by atoms with Crippen LogP contribution in [-0.4, -0.2) is 50.4 Å². The molecule has 0 aliphatic carbocycles. The molecule has 0 aliphatic heterocycles. The second-order valence-electron chi connectivity index (χ2n) is 11.3. The van der Waals surface area contributed by atoms with E-state index in [1.165, 1.54) is 17.0 Å². The van der Waals surface area contributed by atoms with Gasteiger partial charge in [-0.15, -0.1) is 0 Å². The van der Waals surface area contributed by atoms with Gasteiger partial charge in [0, 0.05) is 17.1 Å². The van der Waals surface area contributed by atoms with E-state index in [2.05, 4.69) is 5.32 Å². The molecule has 3 aromatic carbocycles. The molecule has 10 heteroatoms. The number of amides is 2. The summed E-state index contributed by atoms with van der Waals surface area (Å²) in [5.41, 5.74) is 2.01. The van der Waals surface area contributed by atoms with Crippen molar-refractivity contribution in [2.75, 3.05) is 18.0 Å². The topological polar surface area (TPSA) is 96.0 Å². The Morgan fingerprint density at radius 3 is 2.24 bits per heavy atom. The van der Waals surface area contributed by atoms with Crippen LogP contribution < -0.4 is 14.4 Å². The molecule has 3 rings (SSSR count). The maximum Gasteiger partial charge on any atom is 0.264 e. The fraction of sp³-hybridized carbons (Fsp3) is 0.375. The number of sulfonamides is 1. The lowest BCUT2D eigenvalue weighted by Gasteiger charge is -2.35. The summed E-state index contributed by atoms with van der Waals surface area (Å²) in [6.07, 6.45) is 0.322. The molecule has 1 N–H and O–H groups in total. The van der Waals surface area contributed by atoms with Gasteiger partial charge in [0.1, 0.15) is 18.3 Å². The van der Waals surface area contributed by atoms with Crippen molar-refractivity contribution in [2.45, 2.75) is 71.0 Å². The highest BCUT2D eigenvalue weighted by molar-refractivity contribution is 7.92. The zero-order valence-corrected chi connectivity index (χ0v) is 26.8. The minimum atomic E-state index is -4.18. The van der Waals surface area contributed by atoms with Crippen LogP contribution in [0.1, 0.15) is 50.8 Å². The van der Waals surface area contributed by atoms with E-state index < -0.39 is 34.1 Å². The Kier molecular flexibility index (Phi) is 10.7. The minimum Gasteiger partial charge on any atom is -0.497 e. The molecular formula is C32H40ClN3O5S. The van der Waals surface area contributed by atoms with E-state index in [4.69, 9.17) is 16.3 Å². The zero-order valence-electron chi connectivity index (χ0n) is 25.3. The van der Waals surface area contributed by atoms with Gasteiger partial charge in [-0.25, -0.2) is 8.42 Å². The summed E-state index contributed by atoms with van der Waals surface area (Å²) < 4.78 is 34.6. The van der Waals surface area contributed by atoms with Crippen LogP contribution in [0.4, 0.5) is 5.69 Å². The molecule has 0 saturated heterocycles. The van der Waals surface area contributed by atoms with Gasteiger partial charge in [0.15, 0.2) is 0 Å². The van der Waals surface area contributed by atoms with E-state index in [0.717, 1.165) is 15.4 Å². The van der Waals surface area contributed by atoms with Crippen molar-refractivity contribution in [3.05, 3.63) is 88.4 Å². The Bertz CT molecular complexity index is 1520. The van der Waals surface area contributed by atoms with E-state index in [1.807, 2.05) is 40.7 Å². The lowest BCUT2D eigenvalue weighted by molar-refractivity contribution is -0.141. The molecule has 3 aromatic rings. The first-order chi connectivity index (χ1) is 19.7. The summed E-state index contributed by atoms with van der Waals surface area (Å²) in [5, 5.41) is 3.42. The summed E-state index contributed by atoms with van der Waals surface area (Å²) in [4.78, 5) is 29.2. The molecule has 1 atom stereocenters. The van der Waals surface area contributed by atoms with Gasteiger partial charge in [0.25, 0.3) is 10.0 Å². The maximum absolute atomic E-state index is 14.2. The highest BCUT2D eigenvalue weighted by Crippen LogP contribution is 2.30. The molecule has 0 fully saturated rings. The number of anilines is 1. The third-order valence-corrected chi connectivity index (χ3v) is 8.70. The second-order valence-corrected chi connectivity index (χ2v) is 13.6. The Morgan fingerprint density at radius 2 is 1.67 bits per heavy atom. The minimum absolute atomic E-state index is 0.0483. The summed E-state index contributed by atoms with van der Waals surface area (Å²) in [5.74, 6) is -0.247. The van der Waals surface area contributed by atoms with Gasteiger partial charge >= 0.3 is 0 Å². The van der Waals surface area contributed by atoms with Crippen LogP contribution in [0.3, 0.4) is 0 Å². The molecular weight excluding hydrogens is 574 g/mol. The van der Waals surface area contributed by atoms with Crippen molar-refractivity contribution in [2.24, 2.45) is 0 Å². The van der Waals surface area contributed by atoms with Crippen molar-refractivity contribution in [1.29, 1.82) is 0 Å². The Morgan fingerprint density at radius 1 is 1.00 bits per heavy atom. The van der Waals surface area contributed by atoms with Crippen LogP contribution in [0.25, 0.3) is 0 Å². The van der Waals surface area contributed by atoms with Crippen LogP contribution in [0.15, 0.2) is 71.6 Å². The quantitative estimate of drug-likeness (QED) is 0.291. The first-order valence-corrected chi connectivity index (χ1v) is 15.6. The molecule has 0 spiro atoms. The van der Waals surface area contributed by atoms with Gasteiger partial charge in [0.2, 0.25) is 11.8 Å². The highest BCUT2D eigenvalue weighted by atomic mass is 35.5. The van der Waals surface area contributed by atoms with Crippen molar-refractivity contribution in [3.63, 3.8) is 0 Å². The number of hydrogen-bond donors (Lipinski definition) is 1. The molecule has 0 heterocycles. The largest absolute Gasteiger partial charge is 0.497 e. The molecule has 2 amide bonds. The second kappa shape index (κ2) is 13.6. The van der Waals surface area contributed by atoms with Crippen molar-refractivity contribution >= 4 is 39.1 Å². The van der Waals surface area contributed by atoms with Gasteiger partial charge in [-0.05, 0) is 94.6 Å². The maximum atomic E-state index is 14.2. The molecule has 0 radical (unpaired) electrons. The van der Waals surface area contributed by atoms with Gasteiger partial charge in [-0.2, -0.15) is 0 Å². The van der Waals surface area contributed by atoms with Crippen LogP contribution >= 0.6 is 11.6 Å². The molecule has 226 valence electrons. The van der Waals surface area contributed by atoms with Crippen LogP contribution in [0, 0.1) is 13.8 Å². The first-order valence-electron chi connectivity index (χ1n) is 13.8. The van der Waals surface area contributed by atoms with Crippen molar-refractivity contribution in [1.82, 2.24) is 10.2 Å². The normalized spacial score (nSPS) is 12.4. The smallest absolute Gasteiger partial charge is 0.264 e.